The summed E-state index contributed by atoms with van der Waals surface area (Å²) in [5, 5.41) is 6.54. The van der Waals surface area contributed by atoms with Crippen LogP contribution in [0.25, 0.3) is 5.57 Å². The van der Waals surface area contributed by atoms with Gasteiger partial charge >= 0.3 is 0 Å². The normalized spacial score (nSPS) is 21.5. The number of H-pyrrole nitrogens is 1. The summed E-state index contributed by atoms with van der Waals surface area (Å²) < 4.78 is 25.0. The first-order valence-electron chi connectivity index (χ1n) is 12.1. The number of aromatic amines is 1. The van der Waals surface area contributed by atoms with Crippen molar-refractivity contribution >= 4 is 17.4 Å². The van der Waals surface area contributed by atoms with E-state index in [-0.39, 0.29) is 36.3 Å². The summed E-state index contributed by atoms with van der Waals surface area (Å²) in [5.41, 5.74) is 3.70. The Hall–Kier alpha value is -3.33. The molecule has 2 amide bonds. The standard InChI is InChI=1S/C26H31FN4O4/c1-15-23(26(33)30-18-8-10-31(12-18)22(32)14-34-2)25-20(7-9-28-25)24(29-15)19-6-5-17(27)11-21(19)35-13-16-3-4-16/h5-7,9,11,16,18,24,28-29H,3-4,8,10,12-14H2,1-2H3,(H,30,33). The van der Waals surface area contributed by atoms with Gasteiger partial charge in [-0.15, -0.1) is 0 Å². The number of carbonyl (C=O) groups excluding carboxylic acids is 2. The molecule has 3 heterocycles. The number of benzene rings is 1. The SMILES string of the molecule is COCC(=O)N1CCC(NC(=O)C2=C(C)NC(c3ccc(F)cc3OCC3CC3)c3cc[nH]c32)C1. The third-order valence-corrected chi connectivity index (χ3v) is 6.91. The molecule has 0 radical (unpaired) electrons. The summed E-state index contributed by atoms with van der Waals surface area (Å²) in [7, 11) is 1.49. The quantitative estimate of drug-likeness (QED) is 0.538. The Labute approximate surface area is 203 Å². The van der Waals surface area contributed by atoms with Crippen LogP contribution in [0.2, 0.25) is 0 Å². The second-order valence-electron chi connectivity index (χ2n) is 9.55. The van der Waals surface area contributed by atoms with Crippen LogP contribution in [-0.4, -0.2) is 61.2 Å². The van der Waals surface area contributed by atoms with E-state index in [0.29, 0.717) is 49.1 Å². The number of halogens is 1. The number of amides is 2. The Morgan fingerprint density at radius 2 is 2.03 bits per heavy atom. The molecule has 5 rings (SSSR count). The Kier molecular flexibility index (Phi) is 6.51. The molecule has 9 heteroatoms. The highest BCUT2D eigenvalue weighted by Crippen LogP contribution is 2.40. The van der Waals surface area contributed by atoms with E-state index in [2.05, 4.69) is 15.6 Å². The van der Waals surface area contributed by atoms with Gasteiger partial charge in [0.2, 0.25) is 5.91 Å². The summed E-state index contributed by atoms with van der Waals surface area (Å²) in [4.78, 5) is 30.4. The van der Waals surface area contributed by atoms with Crippen LogP contribution in [0.1, 0.15) is 49.0 Å². The van der Waals surface area contributed by atoms with E-state index in [1.165, 1.54) is 19.2 Å². The summed E-state index contributed by atoms with van der Waals surface area (Å²) in [6.45, 7) is 3.54. The molecule has 2 atom stereocenters. The predicted octanol–water partition coefficient (Wildman–Crippen LogP) is 2.73. The highest BCUT2D eigenvalue weighted by molar-refractivity contribution is 6.20. The van der Waals surface area contributed by atoms with Gasteiger partial charge in [0.15, 0.2) is 0 Å². The van der Waals surface area contributed by atoms with Gasteiger partial charge in [0.05, 0.1) is 23.9 Å². The first-order valence-corrected chi connectivity index (χ1v) is 12.1. The van der Waals surface area contributed by atoms with E-state index >= 15 is 0 Å². The Bertz CT molecular complexity index is 1160. The number of hydrogen-bond acceptors (Lipinski definition) is 5. The fourth-order valence-electron chi connectivity index (χ4n) is 4.86. The van der Waals surface area contributed by atoms with Crippen LogP contribution in [0.3, 0.4) is 0 Å². The van der Waals surface area contributed by atoms with Gasteiger partial charge in [-0.2, -0.15) is 0 Å². The van der Waals surface area contributed by atoms with Crippen molar-refractivity contribution in [1.29, 1.82) is 0 Å². The fourth-order valence-corrected chi connectivity index (χ4v) is 4.86. The average Bonchev–Trinajstić information content (AvgIpc) is 3.32. The van der Waals surface area contributed by atoms with Crippen LogP contribution in [0.4, 0.5) is 4.39 Å². The highest BCUT2D eigenvalue weighted by Gasteiger charge is 2.34. The van der Waals surface area contributed by atoms with Crippen molar-refractivity contribution in [3.63, 3.8) is 0 Å². The fraction of sp³-hybridized carbons (Fsp3) is 0.462. The molecular formula is C26H31FN4O4. The minimum absolute atomic E-state index is 0.0395. The molecule has 2 aliphatic heterocycles. The van der Waals surface area contributed by atoms with E-state index in [4.69, 9.17) is 9.47 Å². The van der Waals surface area contributed by atoms with E-state index in [0.717, 1.165) is 29.7 Å². The van der Waals surface area contributed by atoms with Crippen molar-refractivity contribution in [2.45, 2.75) is 38.3 Å². The summed E-state index contributed by atoms with van der Waals surface area (Å²) in [6, 6.07) is 6.14. The molecule has 1 aliphatic carbocycles. The molecule has 1 aromatic carbocycles. The largest absolute Gasteiger partial charge is 0.493 e. The molecule has 35 heavy (non-hydrogen) atoms. The van der Waals surface area contributed by atoms with Gasteiger partial charge in [-0.05, 0) is 50.3 Å². The molecule has 2 aromatic rings. The molecule has 1 saturated heterocycles. The van der Waals surface area contributed by atoms with Gasteiger partial charge in [-0.25, -0.2) is 4.39 Å². The molecule has 3 N–H and O–H groups in total. The molecule has 0 bridgehead atoms. The van der Waals surface area contributed by atoms with Crippen molar-refractivity contribution in [3.8, 4) is 5.75 Å². The lowest BCUT2D eigenvalue weighted by Crippen LogP contribution is -2.41. The van der Waals surface area contributed by atoms with E-state index < -0.39 is 0 Å². The first-order chi connectivity index (χ1) is 16.9. The molecule has 1 aromatic heterocycles. The van der Waals surface area contributed by atoms with Crippen molar-refractivity contribution in [3.05, 3.63) is 58.8 Å². The van der Waals surface area contributed by atoms with Gasteiger partial charge in [0.1, 0.15) is 18.2 Å². The maximum absolute atomic E-state index is 14.0. The number of likely N-dealkylation sites (tertiary alicyclic amines) is 1. The number of ether oxygens (including phenoxy) is 2. The van der Waals surface area contributed by atoms with Crippen molar-refractivity contribution in [2.24, 2.45) is 5.92 Å². The minimum Gasteiger partial charge on any atom is -0.493 e. The predicted molar refractivity (Wildman–Crippen MR) is 128 cm³/mol. The molecule has 186 valence electrons. The van der Waals surface area contributed by atoms with E-state index in [9.17, 15) is 14.0 Å². The number of rotatable bonds is 8. The third-order valence-electron chi connectivity index (χ3n) is 6.91. The number of methoxy groups -OCH3 is 1. The second kappa shape index (κ2) is 9.73. The number of nitrogens with one attached hydrogen (secondary N) is 3. The van der Waals surface area contributed by atoms with Crippen LogP contribution >= 0.6 is 0 Å². The lowest BCUT2D eigenvalue weighted by atomic mass is 9.90. The van der Waals surface area contributed by atoms with Gasteiger partial charge < -0.3 is 30.0 Å². The Balaban J connectivity index is 1.35. The van der Waals surface area contributed by atoms with Gasteiger partial charge in [-0.3, -0.25) is 9.59 Å². The van der Waals surface area contributed by atoms with Crippen LogP contribution in [-0.2, 0) is 14.3 Å². The number of allylic oxidation sites excluding steroid dienone is 1. The molecule has 2 unspecified atom stereocenters. The molecule has 1 saturated carbocycles. The van der Waals surface area contributed by atoms with E-state index in [1.807, 2.05) is 13.0 Å². The Morgan fingerprint density at radius 3 is 2.80 bits per heavy atom. The number of carbonyl (C=O) groups is 2. The average molecular weight is 483 g/mol. The summed E-state index contributed by atoms with van der Waals surface area (Å²) >= 11 is 0. The van der Waals surface area contributed by atoms with E-state index in [1.54, 1.807) is 17.2 Å². The van der Waals surface area contributed by atoms with Gasteiger partial charge in [0, 0.05) is 55.3 Å². The molecule has 3 aliphatic rings. The molecule has 2 fully saturated rings. The molecular weight excluding hydrogens is 451 g/mol. The van der Waals surface area contributed by atoms with Crippen molar-refractivity contribution in [2.75, 3.05) is 33.4 Å². The van der Waals surface area contributed by atoms with Gasteiger partial charge in [0.25, 0.3) is 5.91 Å². The van der Waals surface area contributed by atoms with Crippen LogP contribution in [0.15, 0.2) is 36.2 Å². The smallest absolute Gasteiger partial charge is 0.255 e. The van der Waals surface area contributed by atoms with Crippen LogP contribution in [0, 0.1) is 11.7 Å². The summed E-state index contributed by atoms with van der Waals surface area (Å²) in [5.74, 6) is 0.446. The van der Waals surface area contributed by atoms with Crippen molar-refractivity contribution in [1.82, 2.24) is 20.5 Å². The third kappa shape index (κ3) is 4.91. The highest BCUT2D eigenvalue weighted by atomic mass is 19.1. The lowest BCUT2D eigenvalue weighted by Gasteiger charge is -2.30. The van der Waals surface area contributed by atoms with Gasteiger partial charge in [-0.1, -0.05) is 0 Å². The number of aromatic nitrogens is 1. The molecule has 0 spiro atoms. The number of fused-ring (bicyclic) bond motifs is 1. The summed E-state index contributed by atoms with van der Waals surface area (Å²) in [6.07, 6.45) is 4.79. The number of nitrogens with zero attached hydrogens (tertiary/aromatic N) is 1. The molecule has 8 nitrogen and oxygen atoms in total. The zero-order chi connectivity index (χ0) is 24.5. The maximum atomic E-state index is 14.0. The lowest BCUT2D eigenvalue weighted by molar-refractivity contribution is -0.134. The number of hydrogen-bond donors (Lipinski definition) is 3. The zero-order valence-corrected chi connectivity index (χ0v) is 20.0. The second-order valence-corrected chi connectivity index (χ2v) is 9.55. The zero-order valence-electron chi connectivity index (χ0n) is 20.0. The minimum atomic E-state index is -0.341. The monoisotopic (exact) mass is 482 g/mol. The van der Waals surface area contributed by atoms with Crippen molar-refractivity contribution < 1.29 is 23.5 Å². The topological polar surface area (TPSA) is 95.7 Å². The first kappa shape index (κ1) is 23.4. The Morgan fingerprint density at radius 1 is 1.20 bits per heavy atom. The maximum Gasteiger partial charge on any atom is 0.255 e. The van der Waals surface area contributed by atoms with Crippen LogP contribution < -0.4 is 15.4 Å². The van der Waals surface area contributed by atoms with Crippen LogP contribution in [0.5, 0.6) is 5.75 Å².